The molecular weight excluding hydrogens is 282 g/mol. The summed E-state index contributed by atoms with van der Waals surface area (Å²) in [7, 11) is 0. The maximum atomic E-state index is 3.52. The summed E-state index contributed by atoms with van der Waals surface area (Å²) in [5.41, 5.74) is 0.367. The number of nitrogens with one attached hydrogen (secondary N) is 1. The Morgan fingerprint density at radius 1 is 1.44 bits per heavy atom. The first-order valence-corrected chi connectivity index (χ1v) is 7.51. The Morgan fingerprint density at radius 3 is 2.62 bits per heavy atom. The van der Waals surface area contributed by atoms with E-state index in [1.54, 1.807) is 0 Å². The van der Waals surface area contributed by atoms with Crippen molar-refractivity contribution >= 4 is 27.3 Å². The van der Waals surface area contributed by atoms with Crippen LogP contribution in [-0.4, -0.2) is 12.6 Å². The van der Waals surface area contributed by atoms with Gasteiger partial charge in [0.1, 0.15) is 0 Å². The van der Waals surface area contributed by atoms with Gasteiger partial charge in [0, 0.05) is 10.9 Å². The lowest BCUT2D eigenvalue weighted by Gasteiger charge is -2.28. The third-order valence-corrected chi connectivity index (χ3v) is 4.32. The maximum absolute atomic E-state index is 3.52. The lowest BCUT2D eigenvalue weighted by atomic mass is 9.82. The van der Waals surface area contributed by atoms with Crippen LogP contribution < -0.4 is 5.32 Å². The highest BCUT2D eigenvalue weighted by molar-refractivity contribution is 9.11. The second kappa shape index (κ2) is 6.18. The van der Waals surface area contributed by atoms with Gasteiger partial charge in [-0.15, -0.1) is 11.3 Å². The topological polar surface area (TPSA) is 12.0 Å². The Kier molecular flexibility index (Phi) is 5.48. The summed E-state index contributed by atoms with van der Waals surface area (Å²) in [6.07, 6.45) is 2.38. The molecule has 0 bridgehead atoms. The van der Waals surface area contributed by atoms with Crippen LogP contribution in [0.15, 0.2) is 15.9 Å². The molecule has 1 nitrogen and oxygen atoms in total. The van der Waals surface area contributed by atoms with Gasteiger partial charge in [-0.05, 0) is 59.8 Å². The molecule has 0 spiro atoms. The van der Waals surface area contributed by atoms with E-state index in [-0.39, 0.29) is 0 Å². The minimum absolute atomic E-state index is 0.367. The third-order valence-electron chi connectivity index (χ3n) is 2.69. The summed E-state index contributed by atoms with van der Waals surface area (Å²) in [4.78, 5) is 1.47. The minimum Gasteiger partial charge on any atom is -0.315 e. The van der Waals surface area contributed by atoms with Crippen LogP contribution in [0.25, 0.3) is 0 Å². The van der Waals surface area contributed by atoms with Crippen molar-refractivity contribution in [1.82, 2.24) is 5.32 Å². The summed E-state index contributed by atoms with van der Waals surface area (Å²) >= 11 is 5.37. The molecule has 0 aliphatic rings. The first-order valence-electron chi connectivity index (χ1n) is 5.90. The SMILES string of the molecule is CCNC(C)CC(C)(C)Cc1ccc(Br)s1. The molecule has 1 N–H and O–H groups in total. The van der Waals surface area contributed by atoms with Gasteiger partial charge in [-0.25, -0.2) is 0 Å². The van der Waals surface area contributed by atoms with E-state index in [0.717, 1.165) is 6.54 Å². The number of thiophene rings is 1. The van der Waals surface area contributed by atoms with E-state index in [9.17, 15) is 0 Å². The summed E-state index contributed by atoms with van der Waals surface area (Å²) in [5.74, 6) is 0. The molecule has 1 heterocycles. The van der Waals surface area contributed by atoms with Gasteiger partial charge in [-0.3, -0.25) is 0 Å². The van der Waals surface area contributed by atoms with Crippen LogP contribution in [0.3, 0.4) is 0 Å². The average molecular weight is 304 g/mol. The normalized spacial score (nSPS) is 14.1. The van der Waals surface area contributed by atoms with Crippen molar-refractivity contribution in [3.8, 4) is 0 Å². The molecule has 0 saturated carbocycles. The second-order valence-corrected chi connectivity index (χ2v) is 7.76. The fraction of sp³-hybridized carbons (Fsp3) is 0.692. The molecule has 0 aliphatic heterocycles. The largest absolute Gasteiger partial charge is 0.315 e. The highest BCUT2D eigenvalue weighted by Crippen LogP contribution is 2.32. The predicted molar refractivity (Wildman–Crippen MR) is 77.3 cm³/mol. The fourth-order valence-electron chi connectivity index (χ4n) is 2.24. The Balaban J connectivity index is 2.50. The molecule has 0 amide bonds. The molecule has 3 heteroatoms. The van der Waals surface area contributed by atoms with Gasteiger partial charge in [-0.2, -0.15) is 0 Å². The lowest BCUT2D eigenvalue weighted by molar-refractivity contribution is 0.290. The van der Waals surface area contributed by atoms with Crippen LogP contribution >= 0.6 is 27.3 Å². The van der Waals surface area contributed by atoms with E-state index in [1.165, 1.54) is 21.5 Å². The second-order valence-electron chi connectivity index (χ2n) is 5.21. The molecule has 0 fully saturated rings. The van der Waals surface area contributed by atoms with Crippen molar-refractivity contribution in [1.29, 1.82) is 0 Å². The molecule has 0 aliphatic carbocycles. The quantitative estimate of drug-likeness (QED) is 0.818. The van der Waals surface area contributed by atoms with Crippen LogP contribution in [0.5, 0.6) is 0 Å². The average Bonchev–Trinajstić information content (AvgIpc) is 2.49. The zero-order chi connectivity index (χ0) is 12.2. The summed E-state index contributed by atoms with van der Waals surface area (Å²) in [5, 5.41) is 3.49. The monoisotopic (exact) mass is 303 g/mol. The molecular formula is C13H22BrNS. The maximum Gasteiger partial charge on any atom is 0.0701 e. The van der Waals surface area contributed by atoms with E-state index >= 15 is 0 Å². The van der Waals surface area contributed by atoms with Crippen molar-refractivity contribution < 1.29 is 0 Å². The van der Waals surface area contributed by atoms with Crippen molar-refractivity contribution in [3.05, 3.63) is 20.8 Å². The van der Waals surface area contributed by atoms with E-state index in [4.69, 9.17) is 0 Å². The van der Waals surface area contributed by atoms with Gasteiger partial charge < -0.3 is 5.32 Å². The minimum atomic E-state index is 0.367. The Hall–Kier alpha value is 0.140. The first-order chi connectivity index (χ1) is 7.43. The van der Waals surface area contributed by atoms with E-state index < -0.39 is 0 Å². The highest BCUT2D eigenvalue weighted by Gasteiger charge is 2.22. The van der Waals surface area contributed by atoms with E-state index in [2.05, 4.69) is 61.1 Å². The smallest absolute Gasteiger partial charge is 0.0701 e. The van der Waals surface area contributed by atoms with Gasteiger partial charge in [0.05, 0.1) is 3.79 Å². The van der Waals surface area contributed by atoms with E-state index in [1.807, 2.05) is 11.3 Å². The Morgan fingerprint density at radius 2 is 2.12 bits per heavy atom. The molecule has 0 radical (unpaired) electrons. The zero-order valence-corrected chi connectivity index (χ0v) is 13.0. The van der Waals surface area contributed by atoms with E-state index in [0.29, 0.717) is 11.5 Å². The summed E-state index contributed by atoms with van der Waals surface area (Å²) < 4.78 is 1.23. The fourth-order valence-corrected chi connectivity index (χ4v) is 3.98. The van der Waals surface area contributed by atoms with Gasteiger partial charge >= 0.3 is 0 Å². The molecule has 1 unspecified atom stereocenters. The standard InChI is InChI=1S/C13H22BrNS/c1-5-15-10(2)8-13(3,4)9-11-6-7-12(14)16-11/h6-7,10,15H,5,8-9H2,1-4H3. The summed E-state index contributed by atoms with van der Waals surface area (Å²) in [6, 6.07) is 4.97. The molecule has 92 valence electrons. The van der Waals surface area contributed by atoms with Crippen molar-refractivity contribution in [2.75, 3.05) is 6.54 Å². The van der Waals surface area contributed by atoms with Crippen LogP contribution in [0.4, 0.5) is 0 Å². The molecule has 0 saturated heterocycles. The highest BCUT2D eigenvalue weighted by atomic mass is 79.9. The Bertz CT molecular complexity index is 319. The van der Waals surface area contributed by atoms with Crippen molar-refractivity contribution in [3.63, 3.8) is 0 Å². The number of hydrogen-bond donors (Lipinski definition) is 1. The number of halogens is 1. The zero-order valence-electron chi connectivity index (χ0n) is 10.6. The van der Waals surface area contributed by atoms with Gasteiger partial charge in [-0.1, -0.05) is 20.8 Å². The molecule has 0 aromatic carbocycles. The predicted octanol–water partition coefficient (Wildman–Crippen LogP) is 4.47. The molecule has 1 rings (SSSR count). The first kappa shape index (κ1) is 14.2. The lowest BCUT2D eigenvalue weighted by Crippen LogP contribution is -2.31. The van der Waals surface area contributed by atoms with Crippen LogP contribution in [0, 0.1) is 5.41 Å². The molecule has 1 aromatic heterocycles. The van der Waals surface area contributed by atoms with Crippen molar-refractivity contribution in [2.45, 2.75) is 46.6 Å². The van der Waals surface area contributed by atoms with Gasteiger partial charge in [0.15, 0.2) is 0 Å². The summed E-state index contributed by atoms with van der Waals surface area (Å²) in [6.45, 7) is 10.2. The third kappa shape index (κ3) is 4.98. The Labute approximate surface area is 112 Å². The van der Waals surface area contributed by atoms with Crippen LogP contribution in [0.1, 0.15) is 39.0 Å². The van der Waals surface area contributed by atoms with Gasteiger partial charge in [0.2, 0.25) is 0 Å². The molecule has 1 aromatic rings. The van der Waals surface area contributed by atoms with Crippen molar-refractivity contribution in [2.24, 2.45) is 5.41 Å². The number of hydrogen-bond acceptors (Lipinski definition) is 2. The van der Waals surface area contributed by atoms with Gasteiger partial charge in [0.25, 0.3) is 0 Å². The van der Waals surface area contributed by atoms with Crippen LogP contribution in [-0.2, 0) is 6.42 Å². The van der Waals surface area contributed by atoms with Crippen LogP contribution in [0.2, 0.25) is 0 Å². The molecule has 16 heavy (non-hydrogen) atoms. The number of rotatable bonds is 6. The molecule has 1 atom stereocenters.